The zero-order valence-electron chi connectivity index (χ0n) is 9.52. The highest BCUT2D eigenvalue weighted by Crippen LogP contribution is 2.27. The van der Waals surface area contributed by atoms with Crippen LogP contribution < -0.4 is 11.5 Å². The van der Waals surface area contributed by atoms with E-state index >= 15 is 0 Å². The number of nitrogens with zero attached hydrogens (tertiary/aromatic N) is 2. The lowest BCUT2D eigenvalue weighted by molar-refractivity contribution is 0.577. The Morgan fingerprint density at radius 2 is 1.84 bits per heavy atom. The van der Waals surface area contributed by atoms with Gasteiger partial charge in [0, 0.05) is 11.0 Å². The number of aromatic nitrogens is 2. The van der Waals surface area contributed by atoms with Crippen LogP contribution in [-0.4, -0.2) is 15.8 Å². The molecule has 1 aromatic carbocycles. The molecule has 0 atom stereocenters. The Labute approximate surface area is 111 Å². The van der Waals surface area contributed by atoms with Crippen LogP contribution >= 0.6 is 11.8 Å². The fourth-order valence-corrected chi connectivity index (χ4v) is 2.16. The van der Waals surface area contributed by atoms with Gasteiger partial charge >= 0.3 is 0 Å². The van der Waals surface area contributed by atoms with Gasteiger partial charge in [0.2, 0.25) is 0 Å². The molecule has 2 rings (SSSR count). The zero-order chi connectivity index (χ0) is 14.0. The van der Waals surface area contributed by atoms with Crippen molar-refractivity contribution in [2.75, 3.05) is 5.73 Å². The van der Waals surface area contributed by atoms with E-state index in [9.17, 15) is 8.78 Å². The van der Waals surface area contributed by atoms with Crippen molar-refractivity contribution < 1.29 is 8.78 Å². The molecule has 98 valence electrons. The molecule has 1 aromatic heterocycles. The van der Waals surface area contributed by atoms with E-state index in [1.165, 1.54) is 18.3 Å². The van der Waals surface area contributed by atoms with Gasteiger partial charge in [-0.15, -0.1) is 0 Å². The summed E-state index contributed by atoms with van der Waals surface area (Å²) >= 11 is 0.995. The lowest BCUT2D eigenvalue weighted by Gasteiger charge is -2.05. The maximum Gasteiger partial charge on any atom is 0.153 e. The fraction of sp³-hybridized carbons (Fsp3) is 0. The fourth-order valence-electron chi connectivity index (χ4n) is 1.34. The molecule has 1 heterocycles. The second-order valence-electron chi connectivity index (χ2n) is 3.56. The highest BCUT2D eigenvalue weighted by atomic mass is 32.2. The van der Waals surface area contributed by atoms with Crippen molar-refractivity contribution in [3.63, 3.8) is 0 Å². The van der Waals surface area contributed by atoms with Crippen LogP contribution in [0.1, 0.15) is 5.69 Å². The molecule has 0 bridgehead atoms. The minimum atomic E-state index is -0.683. The number of anilines is 1. The average molecular weight is 281 g/mol. The van der Waals surface area contributed by atoms with Crippen molar-refractivity contribution in [3.05, 3.63) is 41.7 Å². The normalized spacial score (nSPS) is 10.4. The Kier molecular flexibility index (Phi) is 3.61. The van der Waals surface area contributed by atoms with E-state index in [4.69, 9.17) is 16.9 Å². The molecule has 0 saturated carbocycles. The molecule has 19 heavy (non-hydrogen) atoms. The second kappa shape index (κ2) is 5.19. The van der Waals surface area contributed by atoms with Crippen LogP contribution in [0.25, 0.3) is 0 Å². The van der Waals surface area contributed by atoms with Gasteiger partial charge in [-0.05, 0) is 12.1 Å². The first kappa shape index (κ1) is 13.2. The third-order valence-corrected chi connectivity index (χ3v) is 2.97. The highest BCUT2D eigenvalue weighted by Gasteiger charge is 2.09. The monoisotopic (exact) mass is 281 g/mol. The largest absolute Gasteiger partial charge is 0.382 e. The van der Waals surface area contributed by atoms with E-state index in [0.29, 0.717) is 9.92 Å². The summed E-state index contributed by atoms with van der Waals surface area (Å²) in [7, 11) is 0. The van der Waals surface area contributed by atoms with Gasteiger partial charge in [-0.1, -0.05) is 11.8 Å². The number of nitrogens with two attached hydrogens (primary N) is 2. The van der Waals surface area contributed by atoms with Crippen LogP contribution in [0.3, 0.4) is 0 Å². The first-order valence-corrected chi connectivity index (χ1v) is 5.88. The van der Waals surface area contributed by atoms with E-state index in [1.807, 2.05) is 0 Å². The van der Waals surface area contributed by atoms with Crippen molar-refractivity contribution in [1.82, 2.24) is 9.97 Å². The van der Waals surface area contributed by atoms with Crippen molar-refractivity contribution in [3.8, 4) is 0 Å². The molecule has 0 aliphatic rings. The first-order chi connectivity index (χ1) is 8.95. The molecule has 0 amide bonds. The Bertz CT molecular complexity index is 627. The Morgan fingerprint density at radius 3 is 2.42 bits per heavy atom. The molecule has 0 unspecified atom stereocenters. The van der Waals surface area contributed by atoms with Crippen molar-refractivity contribution >= 4 is 23.4 Å². The number of rotatable bonds is 3. The molecule has 0 aliphatic heterocycles. The van der Waals surface area contributed by atoms with E-state index < -0.39 is 11.6 Å². The lowest BCUT2D eigenvalue weighted by Crippen LogP contribution is -2.16. The van der Waals surface area contributed by atoms with Gasteiger partial charge in [0.25, 0.3) is 0 Å². The topological polar surface area (TPSA) is 102 Å². The smallest absolute Gasteiger partial charge is 0.153 e. The number of amidine groups is 1. The van der Waals surface area contributed by atoms with E-state index in [0.717, 1.165) is 17.8 Å². The van der Waals surface area contributed by atoms with Crippen LogP contribution in [-0.2, 0) is 0 Å². The molecule has 0 saturated heterocycles. The SMILES string of the molecule is N=C(N)c1nc(Sc2cc(F)cc(F)c2)cnc1N. The minimum absolute atomic E-state index is 0.0299. The van der Waals surface area contributed by atoms with E-state index in [-0.39, 0.29) is 17.3 Å². The number of nitrogen functional groups attached to an aromatic ring is 2. The van der Waals surface area contributed by atoms with Gasteiger partial charge in [0.05, 0.1) is 6.20 Å². The number of nitrogens with one attached hydrogen (secondary N) is 1. The quantitative estimate of drug-likeness (QED) is 0.588. The average Bonchev–Trinajstić information content (AvgIpc) is 2.30. The van der Waals surface area contributed by atoms with Crippen LogP contribution in [0.5, 0.6) is 0 Å². The number of halogens is 2. The van der Waals surface area contributed by atoms with Gasteiger partial charge in [-0.2, -0.15) is 0 Å². The van der Waals surface area contributed by atoms with Crippen molar-refractivity contribution in [2.45, 2.75) is 9.92 Å². The summed E-state index contributed by atoms with van der Waals surface area (Å²) in [5.74, 6) is -1.66. The van der Waals surface area contributed by atoms with Gasteiger partial charge in [0.15, 0.2) is 5.82 Å². The Balaban J connectivity index is 2.33. The van der Waals surface area contributed by atoms with Gasteiger partial charge in [-0.3, -0.25) is 5.41 Å². The molecule has 8 heteroatoms. The van der Waals surface area contributed by atoms with Crippen molar-refractivity contribution in [1.29, 1.82) is 5.41 Å². The molecule has 2 aromatic rings. The van der Waals surface area contributed by atoms with Crippen LogP contribution in [0.4, 0.5) is 14.6 Å². The van der Waals surface area contributed by atoms with Crippen LogP contribution in [0, 0.1) is 17.0 Å². The first-order valence-electron chi connectivity index (χ1n) is 5.06. The maximum absolute atomic E-state index is 13.0. The number of hydrogen-bond acceptors (Lipinski definition) is 5. The summed E-state index contributed by atoms with van der Waals surface area (Å²) in [4.78, 5) is 8.16. The predicted molar refractivity (Wildman–Crippen MR) is 67.9 cm³/mol. The minimum Gasteiger partial charge on any atom is -0.382 e. The molecule has 0 spiro atoms. The summed E-state index contributed by atoms with van der Waals surface area (Å²) in [5.41, 5.74) is 10.8. The maximum atomic E-state index is 13.0. The molecule has 5 N–H and O–H groups in total. The van der Waals surface area contributed by atoms with Crippen LogP contribution in [0.2, 0.25) is 0 Å². The lowest BCUT2D eigenvalue weighted by atomic mass is 10.3. The van der Waals surface area contributed by atoms with E-state index in [2.05, 4.69) is 9.97 Å². The molecule has 0 fully saturated rings. The standard InChI is InChI=1S/C11H9F2N5S/c12-5-1-6(13)3-7(2-5)19-8-4-17-11(16)9(18-8)10(14)15/h1-4H,(H3,14,15)(H2,16,17). The molecular weight excluding hydrogens is 272 g/mol. The van der Waals surface area contributed by atoms with Gasteiger partial charge in [0.1, 0.15) is 28.2 Å². The van der Waals surface area contributed by atoms with Crippen molar-refractivity contribution in [2.24, 2.45) is 5.73 Å². The van der Waals surface area contributed by atoms with E-state index in [1.54, 1.807) is 0 Å². The Morgan fingerprint density at radius 1 is 1.21 bits per heavy atom. The Hall–Kier alpha value is -2.22. The molecule has 5 nitrogen and oxygen atoms in total. The predicted octanol–water partition coefficient (Wildman–Crippen LogP) is 1.77. The number of hydrogen-bond donors (Lipinski definition) is 3. The molecular formula is C11H9F2N5S. The molecule has 0 aliphatic carbocycles. The highest BCUT2D eigenvalue weighted by molar-refractivity contribution is 7.99. The number of benzene rings is 1. The third-order valence-electron chi connectivity index (χ3n) is 2.09. The summed E-state index contributed by atoms with van der Waals surface area (Å²) < 4.78 is 26.1. The third kappa shape index (κ3) is 3.16. The summed E-state index contributed by atoms with van der Waals surface area (Å²) in [6.45, 7) is 0. The van der Waals surface area contributed by atoms with Crippen LogP contribution in [0.15, 0.2) is 34.3 Å². The summed E-state index contributed by atoms with van der Waals surface area (Å²) in [5, 5.41) is 7.62. The van der Waals surface area contributed by atoms with Gasteiger partial charge < -0.3 is 11.5 Å². The second-order valence-corrected chi connectivity index (χ2v) is 4.66. The molecule has 0 radical (unpaired) electrons. The van der Waals surface area contributed by atoms with Gasteiger partial charge in [-0.25, -0.2) is 18.7 Å². The summed E-state index contributed by atoms with van der Waals surface area (Å²) in [6, 6.07) is 3.11. The summed E-state index contributed by atoms with van der Waals surface area (Å²) in [6.07, 6.45) is 1.34. The zero-order valence-corrected chi connectivity index (χ0v) is 10.3.